The van der Waals surface area contributed by atoms with E-state index in [-0.39, 0.29) is 0 Å². The molecule has 8 heavy (non-hydrogen) atoms. The molecule has 0 aromatic carbocycles. The summed E-state index contributed by atoms with van der Waals surface area (Å²) in [6.45, 7) is 1.89. The van der Waals surface area contributed by atoms with Gasteiger partial charge in [0, 0.05) is 0 Å². The van der Waals surface area contributed by atoms with Gasteiger partial charge in [-0.2, -0.15) is 5.53 Å². The summed E-state index contributed by atoms with van der Waals surface area (Å²) in [6.07, 6.45) is 1.53. The minimum Gasteiger partial charge on any atom is -0.185 e. The van der Waals surface area contributed by atoms with Crippen LogP contribution in [0.3, 0.4) is 0 Å². The van der Waals surface area contributed by atoms with E-state index in [1.807, 2.05) is 11.0 Å². The summed E-state index contributed by atoms with van der Waals surface area (Å²) in [4.78, 5) is 0. The maximum atomic E-state index is 6.27. The van der Waals surface area contributed by atoms with Crippen molar-refractivity contribution < 1.29 is 0 Å². The van der Waals surface area contributed by atoms with Gasteiger partial charge in [0.2, 0.25) is 0 Å². The van der Waals surface area contributed by atoms with Gasteiger partial charge >= 0.3 is 0 Å². The molecule has 1 N–H and O–H groups in total. The Balaban J connectivity index is 3.69. The zero-order chi connectivity index (χ0) is 6.41. The van der Waals surface area contributed by atoms with Crippen molar-refractivity contribution >= 4 is 28.8 Å². The highest BCUT2D eigenvalue weighted by atomic mass is 127. The molecule has 0 amide bonds. The summed E-state index contributed by atoms with van der Waals surface area (Å²) in [6, 6.07) is 0. The van der Waals surface area contributed by atoms with E-state index in [1.54, 1.807) is 0 Å². The second-order valence-corrected chi connectivity index (χ2v) is 1.82. The van der Waals surface area contributed by atoms with Gasteiger partial charge in [0.15, 0.2) is 0 Å². The number of hydrogen-bond donors (Lipinski definition) is 1. The first-order valence-corrected chi connectivity index (χ1v) is 3.22. The lowest BCUT2D eigenvalue weighted by Crippen LogP contribution is -1.70. The van der Waals surface area contributed by atoms with E-state index in [2.05, 4.69) is 32.9 Å². The van der Waals surface area contributed by atoms with Crippen LogP contribution in [0.25, 0.3) is 0 Å². The van der Waals surface area contributed by atoms with Gasteiger partial charge in [-0.15, -0.1) is 5.10 Å². The van der Waals surface area contributed by atoms with Crippen molar-refractivity contribution in [2.24, 2.45) is 10.3 Å². The Morgan fingerprint density at radius 1 is 1.75 bits per heavy atom. The van der Waals surface area contributed by atoms with E-state index in [0.717, 1.165) is 5.57 Å². The summed E-state index contributed by atoms with van der Waals surface area (Å²) in [5.41, 5.74) is 7.27. The van der Waals surface area contributed by atoms with Crippen LogP contribution in [0.1, 0.15) is 6.92 Å². The molecule has 0 atom stereocenters. The third-order valence-electron chi connectivity index (χ3n) is 0.491. The molecule has 4 heteroatoms. The Kier molecular flexibility index (Phi) is 4.73. The first-order valence-electron chi connectivity index (χ1n) is 1.98. The first kappa shape index (κ1) is 7.74. The fraction of sp³-hybridized carbons (Fsp3) is 0.250. The molecular formula is C4H6IN3. The third kappa shape index (κ3) is 3.91. The second-order valence-electron chi connectivity index (χ2n) is 1.20. The molecule has 0 unspecified atom stereocenters. The molecular weight excluding hydrogens is 217 g/mol. The van der Waals surface area contributed by atoms with Crippen molar-refractivity contribution in [2.45, 2.75) is 6.92 Å². The monoisotopic (exact) mass is 223 g/mol. The highest BCUT2D eigenvalue weighted by molar-refractivity contribution is 14.1. The van der Waals surface area contributed by atoms with Gasteiger partial charge in [0.1, 0.15) is 0 Å². The van der Waals surface area contributed by atoms with Gasteiger partial charge in [-0.25, -0.2) is 0 Å². The summed E-state index contributed by atoms with van der Waals surface area (Å²) >= 11 is 2.10. The number of rotatable bonds is 2. The van der Waals surface area contributed by atoms with Gasteiger partial charge in [-0.05, 0) is 16.6 Å². The van der Waals surface area contributed by atoms with E-state index < -0.39 is 0 Å². The number of halogens is 1. The van der Waals surface area contributed by atoms with Gasteiger partial charge in [0.05, 0.1) is 6.21 Å². The molecule has 0 aromatic heterocycles. The molecule has 0 heterocycles. The predicted molar refractivity (Wildman–Crippen MR) is 41.4 cm³/mol. The number of nitrogens with one attached hydrogen (secondary N) is 1. The summed E-state index contributed by atoms with van der Waals surface area (Å²) in [5, 5.41) is 6.14. The molecule has 0 aromatic rings. The SMILES string of the molecule is CC(/C=N\N=N)=C/I. The summed E-state index contributed by atoms with van der Waals surface area (Å²) in [7, 11) is 0. The van der Waals surface area contributed by atoms with Gasteiger partial charge < -0.3 is 0 Å². The van der Waals surface area contributed by atoms with Gasteiger partial charge in [-0.1, -0.05) is 27.8 Å². The molecule has 0 aliphatic carbocycles. The minimum atomic E-state index is 1.00. The number of nitrogens with zero attached hydrogens (tertiary/aromatic N) is 2. The van der Waals surface area contributed by atoms with Crippen LogP contribution >= 0.6 is 22.6 Å². The molecule has 0 aliphatic heterocycles. The van der Waals surface area contributed by atoms with Crippen molar-refractivity contribution in [3.63, 3.8) is 0 Å². The van der Waals surface area contributed by atoms with Crippen LogP contribution in [0.15, 0.2) is 20.0 Å². The number of hydrogen-bond acceptors (Lipinski definition) is 2. The standard InChI is InChI=1S/C4H6IN3/c1-4(2-5)3-7-8-6/h2-3,6H,1H3/b4-2-,7-3-,8-6?. The largest absolute Gasteiger partial charge is 0.185 e. The van der Waals surface area contributed by atoms with Crippen LogP contribution in [0.5, 0.6) is 0 Å². The average Bonchev–Trinajstić information content (AvgIpc) is 1.83. The molecule has 3 nitrogen and oxygen atoms in total. The fourth-order valence-electron chi connectivity index (χ4n) is 0.148. The zero-order valence-corrected chi connectivity index (χ0v) is 6.58. The van der Waals surface area contributed by atoms with E-state index in [4.69, 9.17) is 5.53 Å². The lowest BCUT2D eigenvalue weighted by molar-refractivity contribution is 0.995. The second kappa shape index (κ2) is 4.89. The first-order chi connectivity index (χ1) is 3.81. The predicted octanol–water partition coefficient (Wildman–Crippen LogP) is 2.34. The number of allylic oxidation sites excluding steroid dienone is 1. The highest BCUT2D eigenvalue weighted by Gasteiger charge is 1.74. The molecule has 0 radical (unpaired) electrons. The third-order valence-corrected chi connectivity index (χ3v) is 1.47. The Morgan fingerprint density at radius 3 is 2.75 bits per heavy atom. The van der Waals surface area contributed by atoms with Crippen molar-refractivity contribution in [3.05, 3.63) is 9.66 Å². The summed E-state index contributed by atoms with van der Waals surface area (Å²) < 4.78 is 1.87. The van der Waals surface area contributed by atoms with E-state index in [1.165, 1.54) is 6.21 Å². The highest BCUT2D eigenvalue weighted by Crippen LogP contribution is 1.92. The van der Waals surface area contributed by atoms with E-state index in [0.29, 0.717) is 0 Å². The van der Waals surface area contributed by atoms with E-state index >= 15 is 0 Å². The zero-order valence-electron chi connectivity index (χ0n) is 4.43. The molecule has 0 spiro atoms. The smallest absolute Gasteiger partial charge is 0.0547 e. The van der Waals surface area contributed by atoms with Crippen LogP contribution in [0.2, 0.25) is 0 Å². The molecule has 0 rings (SSSR count). The van der Waals surface area contributed by atoms with Crippen molar-refractivity contribution in [1.29, 1.82) is 5.53 Å². The van der Waals surface area contributed by atoms with E-state index in [9.17, 15) is 0 Å². The maximum Gasteiger partial charge on any atom is 0.0547 e. The van der Waals surface area contributed by atoms with Crippen molar-refractivity contribution in [1.82, 2.24) is 0 Å². The minimum absolute atomic E-state index is 1.00. The maximum absolute atomic E-state index is 6.27. The normalized spacial score (nSPS) is 12.5. The quantitative estimate of drug-likeness (QED) is 0.323. The topological polar surface area (TPSA) is 48.6 Å². The summed E-state index contributed by atoms with van der Waals surface area (Å²) in [5.74, 6) is 0. The molecule has 0 saturated carbocycles. The van der Waals surface area contributed by atoms with Gasteiger partial charge in [-0.3, -0.25) is 0 Å². The average molecular weight is 223 g/mol. The molecule has 0 bridgehead atoms. The molecule has 0 aliphatic rings. The van der Waals surface area contributed by atoms with Crippen LogP contribution in [0.4, 0.5) is 0 Å². The fourth-order valence-corrected chi connectivity index (χ4v) is 0.309. The molecule has 44 valence electrons. The lowest BCUT2D eigenvalue weighted by Gasteiger charge is -1.78. The molecule has 0 saturated heterocycles. The van der Waals surface area contributed by atoms with Crippen LogP contribution in [-0.4, -0.2) is 6.21 Å². The molecule has 0 fully saturated rings. The van der Waals surface area contributed by atoms with Crippen LogP contribution in [0, 0.1) is 5.53 Å². The Hall–Kier alpha value is -0.260. The van der Waals surface area contributed by atoms with Crippen LogP contribution in [-0.2, 0) is 0 Å². The Bertz CT molecular complexity index is 127. The van der Waals surface area contributed by atoms with Gasteiger partial charge in [0.25, 0.3) is 0 Å². The Labute approximate surface area is 61.5 Å². The lowest BCUT2D eigenvalue weighted by atomic mass is 10.4. The van der Waals surface area contributed by atoms with Crippen molar-refractivity contribution in [3.8, 4) is 0 Å². The Morgan fingerprint density at radius 2 is 2.38 bits per heavy atom. The van der Waals surface area contributed by atoms with Crippen LogP contribution < -0.4 is 0 Å². The van der Waals surface area contributed by atoms with Crippen molar-refractivity contribution in [2.75, 3.05) is 0 Å².